The Hall–Kier alpha value is -2.41. The molecule has 3 heterocycles. The molecule has 0 bridgehead atoms. The second-order valence-corrected chi connectivity index (χ2v) is 8.50. The fraction of sp³-hybridized carbons (Fsp3) is 0.571. The zero-order chi connectivity index (χ0) is 20.0. The smallest absolute Gasteiger partial charge is 0.237 e. The predicted molar refractivity (Wildman–Crippen MR) is 109 cm³/mol. The summed E-state index contributed by atoms with van der Waals surface area (Å²) in [5, 5.41) is 4.41. The minimum absolute atomic E-state index is 0.123. The van der Waals surface area contributed by atoms with Gasteiger partial charge in [-0.25, -0.2) is 4.68 Å². The highest BCUT2D eigenvalue weighted by Crippen LogP contribution is 2.46. The van der Waals surface area contributed by atoms with Crippen molar-refractivity contribution in [3.05, 3.63) is 41.2 Å². The van der Waals surface area contributed by atoms with Crippen molar-refractivity contribution in [1.29, 1.82) is 0 Å². The molecule has 4 rings (SSSR count). The molecule has 0 unspecified atom stereocenters. The molecule has 2 aliphatic rings. The molecule has 150 valence electrons. The molecule has 7 nitrogen and oxygen atoms in total. The summed E-state index contributed by atoms with van der Waals surface area (Å²) in [5.74, 6) is 2.81. The number of aromatic nitrogens is 3. The first-order valence-electron chi connectivity index (χ1n) is 9.97. The lowest BCUT2D eigenvalue weighted by Crippen LogP contribution is -2.40. The Balaban J connectivity index is 1.65. The molecule has 2 aliphatic heterocycles. The van der Waals surface area contributed by atoms with E-state index in [4.69, 9.17) is 0 Å². The number of anilines is 1. The number of amides is 1. The zero-order valence-electron chi connectivity index (χ0n) is 17.5. The SMILES string of the molecule is Cc1nc(N2C[C@@H]3CN(C(=O)CN(C)C)[C@@H](c4ccccc4C)[C@@H]3C2)n(C)n1. The van der Waals surface area contributed by atoms with Crippen LogP contribution < -0.4 is 4.90 Å². The fourth-order valence-electron chi connectivity index (χ4n) is 4.92. The number of hydrogen-bond acceptors (Lipinski definition) is 5. The minimum atomic E-state index is 0.123. The number of nitrogens with zero attached hydrogens (tertiary/aromatic N) is 6. The fourth-order valence-corrected chi connectivity index (χ4v) is 4.92. The Morgan fingerprint density at radius 1 is 1.18 bits per heavy atom. The third-order valence-corrected chi connectivity index (χ3v) is 6.07. The maximum absolute atomic E-state index is 13.0. The Labute approximate surface area is 166 Å². The van der Waals surface area contributed by atoms with Gasteiger partial charge in [0.05, 0.1) is 12.6 Å². The van der Waals surface area contributed by atoms with Crippen LogP contribution >= 0.6 is 0 Å². The Bertz CT molecular complexity index is 876. The van der Waals surface area contributed by atoms with E-state index in [1.807, 2.05) is 37.6 Å². The van der Waals surface area contributed by atoms with Crippen LogP contribution in [0.1, 0.15) is 23.0 Å². The molecular weight excluding hydrogens is 352 g/mol. The van der Waals surface area contributed by atoms with Gasteiger partial charge in [0.2, 0.25) is 11.9 Å². The van der Waals surface area contributed by atoms with Crippen molar-refractivity contribution in [2.24, 2.45) is 18.9 Å². The van der Waals surface area contributed by atoms with Gasteiger partial charge in [0.25, 0.3) is 0 Å². The summed E-state index contributed by atoms with van der Waals surface area (Å²) in [4.78, 5) is 24.1. The van der Waals surface area contributed by atoms with E-state index in [0.29, 0.717) is 18.4 Å². The van der Waals surface area contributed by atoms with Gasteiger partial charge in [-0.1, -0.05) is 24.3 Å². The number of aryl methyl sites for hydroxylation is 3. The highest BCUT2D eigenvalue weighted by molar-refractivity contribution is 5.79. The molecule has 2 fully saturated rings. The zero-order valence-corrected chi connectivity index (χ0v) is 17.5. The lowest BCUT2D eigenvalue weighted by Gasteiger charge is -2.31. The van der Waals surface area contributed by atoms with Crippen LogP contribution in [0.3, 0.4) is 0 Å². The number of carbonyl (C=O) groups excluding carboxylic acids is 1. The van der Waals surface area contributed by atoms with Crippen LogP contribution in [0.2, 0.25) is 0 Å². The van der Waals surface area contributed by atoms with E-state index in [2.05, 4.69) is 51.1 Å². The lowest BCUT2D eigenvalue weighted by molar-refractivity contribution is -0.133. The van der Waals surface area contributed by atoms with Crippen molar-refractivity contribution in [1.82, 2.24) is 24.6 Å². The van der Waals surface area contributed by atoms with E-state index in [1.54, 1.807) is 0 Å². The van der Waals surface area contributed by atoms with Crippen molar-refractivity contribution in [2.45, 2.75) is 19.9 Å². The number of hydrogen-bond donors (Lipinski definition) is 0. The summed E-state index contributed by atoms with van der Waals surface area (Å²) >= 11 is 0. The summed E-state index contributed by atoms with van der Waals surface area (Å²) in [6.07, 6.45) is 0. The molecule has 2 aromatic rings. The second-order valence-electron chi connectivity index (χ2n) is 8.50. The van der Waals surface area contributed by atoms with E-state index in [9.17, 15) is 4.79 Å². The Morgan fingerprint density at radius 2 is 1.93 bits per heavy atom. The molecule has 0 N–H and O–H groups in total. The maximum atomic E-state index is 13.0. The van der Waals surface area contributed by atoms with Crippen molar-refractivity contribution in [3.63, 3.8) is 0 Å². The molecule has 7 heteroatoms. The van der Waals surface area contributed by atoms with Gasteiger partial charge in [-0.2, -0.15) is 10.1 Å². The minimum Gasteiger partial charge on any atom is -0.340 e. The van der Waals surface area contributed by atoms with Crippen LogP contribution in [0.25, 0.3) is 0 Å². The van der Waals surface area contributed by atoms with E-state index >= 15 is 0 Å². The summed E-state index contributed by atoms with van der Waals surface area (Å²) in [6.45, 7) is 7.16. The van der Waals surface area contributed by atoms with Crippen LogP contribution in [0, 0.1) is 25.7 Å². The first kappa shape index (κ1) is 18.9. The monoisotopic (exact) mass is 382 g/mol. The van der Waals surface area contributed by atoms with Gasteiger partial charge in [0, 0.05) is 38.5 Å². The molecule has 2 saturated heterocycles. The molecule has 0 radical (unpaired) electrons. The van der Waals surface area contributed by atoms with Gasteiger partial charge < -0.3 is 14.7 Å². The number of likely N-dealkylation sites (tertiary alicyclic amines) is 1. The third kappa shape index (κ3) is 3.28. The summed E-state index contributed by atoms with van der Waals surface area (Å²) in [7, 11) is 5.86. The molecule has 0 aliphatic carbocycles. The van der Waals surface area contributed by atoms with Gasteiger partial charge >= 0.3 is 0 Å². The molecule has 28 heavy (non-hydrogen) atoms. The summed E-state index contributed by atoms with van der Waals surface area (Å²) in [5.41, 5.74) is 2.53. The number of carbonyl (C=O) groups is 1. The first-order chi connectivity index (χ1) is 13.3. The van der Waals surface area contributed by atoms with E-state index in [0.717, 1.165) is 31.4 Å². The van der Waals surface area contributed by atoms with Crippen LogP contribution in [-0.2, 0) is 11.8 Å². The average molecular weight is 383 g/mol. The summed E-state index contributed by atoms with van der Waals surface area (Å²) in [6, 6.07) is 8.62. The highest BCUT2D eigenvalue weighted by Gasteiger charge is 2.50. The summed E-state index contributed by atoms with van der Waals surface area (Å²) < 4.78 is 1.87. The number of benzene rings is 1. The van der Waals surface area contributed by atoms with Crippen LogP contribution in [-0.4, -0.2) is 70.7 Å². The molecule has 0 saturated carbocycles. The van der Waals surface area contributed by atoms with E-state index < -0.39 is 0 Å². The van der Waals surface area contributed by atoms with Crippen molar-refractivity contribution >= 4 is 11.9 Å². The largest absolute Gasteiger partial charge is 0.340 e. The predicted octanol–water partition coefficient (Wildman–Crippen LogP) is 1.63. The van der Waals surface area contributed by atoms with Gasteiger partial charge in [0.1, 0.15) is 5.82 Å². The number of rotatable bonds is 4. The highest BCUT2D eigenvalue weighted by atomic mass is 16.2. The van der Waals surface area contributed by atoms with Gasteiger partial charge in [-0.05, 0) is 39.1 Å². The standard InChI is InChI=1S/C21H30N6O/c1-14-8-6-7-9-17(14)20-18-12-26(21-22-15(2)23-25(21)5)10-16(18)11-27(20)19(28)13-24(3)4/h6-9,16,18,20H,10-13H2,1-5H3/t16-,18-,20+/m1/s1. The van der Waals surface area contributed by atoms with Crippen LogP contribution in [0.15, 0.2) is 24.3 Å². The normalized spacial score (nSPS) is 24.3. The molecule has 3 atom stereocenters. The second kappa shape index (κ2) is 7.20. The third-order valence-electron chi connectivity index (χ3n) is 6.07. The molecular formula is C21H30N6O. The Kier molecular flexibility index (Phi) is 4.87. The van der Waals surface area contributed by atoms with Crippen molar-refractivity contribution < 1.29 is 4.79 Å². The molecule has 0 spiro atoms. The molecule has 1 aromatic carbocycles. The molecule has 1 aromatic heterocycles. The first-order valence-corrected chi connectivity index (χ1v) is 9.97. The van der Waals surface area contributed by atoms with Crippen molar-refractivity contribution in [3.8, 4) is 0 Å². The number of fused-ring (bicyclic) bond motifs is 1. The van der Waals surface area contributed by atoms with Gasteiger partial charge in [-0.15, -0.1) is 0 Å². The molecule has 1 amide bonds. The topological polar surface area (TPSA) is 57.5 Å². The number of likely N-dealkylation sites (N-methyl/N-ethyl adjacent to an activating group) is 1. The average Bonchev–Trinajstić information content (AvgIpc) is 3.26. The van der Waals surface area contributed by atoms with Crippen molar-refractivity contribution in [2.75, 3.05) is 45.2 Å². The van der Waals surface area contributed by atoms with Crippen LogP contribution in [0.5, 0.6) is 0 Å². The van der Waals surface area contributed by atoms with E-state index in [-0.39, 0.29) is 11.9 Å². The van der Waals surface area contributed by atoms with Gasteiger partial charge in [0.15, 0.2) is 0 Å². The lowest BCUT2D eigenvalue weighted by atomic mass is 9.87. The Morgan fingerprint density at radius 3 is 2.57 bits per heavy atom. The van der Waals surface area contributed by atoms with Gasteiger partial charge in [-0.3, -0.25) is 4.79 Å². The maximum Gasteiger partial charge on any atom is 0.237 e. The van der Waals surface area contributed by atoms with E-state index in [1.165, 1.54) is 11.1 Å². The quantitative estimate of drug-likeness (QED) is 0.804. The van der Waals surface area contributed by atoms with Crippen LogP contribution in [0.4, 0.5) is 5.95 Å².